The first-order chi connectivity index (χ1) is 9.38. The Morgan fingerprint density at radius 1 is 1.50 bits per heavy atom. The number of nitro benzene ring substituents is 1. The molecule has 0 fully saturated rings. The summed E-state index contributed by atoms with van der Waals surface area (Å²) in [5.41, 5.74) is 0.835. The standard InChI is InChI=1S/C14H17N3O3/c1-10(2)16(8-4-7-15)14-6-5-12(17(19)20)9-13(14)11(3)18/h5-6,9-10H,4,8H2,1-3H3. The second-order valence-electron chi connectivity index (χ2n) is 4.71. The van der Waals surface area contributed by atoms with Gasteiger partial charge in [0.25, 0.3) is 5.69 Å². The molecule has 0 N–H and O–H groups in total. The summed E-state index contributed by atoms with van der Waals surface area (Å²) < 4.78 is 0. The fraction of sp³-hybridized carbons (Fsp3) is 0.429. The van der Waals surface area contributed by atoms with Crippen LogP contribution >= 0.6 is 0 Å². The van der Waals surface area contributed by atoms with E-state index >= 15 is 0 Å². The number of rotatable bonds is 6. The number of hydrogen-bond donors (Lipinski definition) is 0. The van der Waals surface area contributed by atoms with Gasteiger partial charge in [0.15, 0.2) is 5.78 Å². The Hall–Kier alpha value is -2.42. The van der Waals surface area contributed by atoms with Gasteiger partial charge in [0, 0.05) is 36.0 Å². The summed E-state index contributed by atoms with van der Waals surface area (Å²) in [4.78, 5) is 23.9. The van der Waals surface area contributed by atoms with Crippen LogP contribution in [0.4, 0.5) is 11.4 Å². The van der Waals surface area contributed by atoms with E-state index in [0.29, 0.717) is 24.2 Å². The third-order valence-corrected chi connectivity index (χ3v) is 2.97. The molecule has 6 nitrogen and oxygen atoms in total. The number of ketones is 1. The molecule has 0 spiro atoms. The van der Waals surface area contributed by atoms with Gasteiger partial charge in [-0.2, -0.15) is 5.26 Å². The number of Topliss-reactive ketones (excluding diaryl/α,β-unsaturated/α-hetero) is 1. The van der Waals surface area contributed by atoms with Crippen molar-refractivity contribution in [3.8, 4) is 6.07 Å². The van der Waals surface area contributed by atoms with Crippen LogP contribution in [0.5, 0.6) is 0 Å². The van der Waals surface area contributed by atoms with Crippen molar-refractivity contribution >= 4 is 17.2 Å². The van der Waals surface area contributed by atoms with Gasteiger partial charge in [0.05, 0.1) is 17.4 Å². The quantitative estimate of drug-likeness (QED) is 0.452. The maximum atomic E-state index is 11.7. The van der Waals surface area contributed by atoms with Crippen molar-refractivity contribution in [2.75, 3.05) is 11.4 Å². The first kappa shape index (κ1) is 15.6. The number of nitriles is 1. The van der Waals surface area contributed by atoms with E-state index in [2.05, 4.69) is 6.07 Å². The summed E-state index contributed by atoms with van der Waals surface area (Å²) in [5.74, 6) is -0.230. The molecule has 0 bridgehead atoms. The molecule has 0 saturated heterocycles. The number of carbonyl (C=O) groups is 1. The third kappa shape index (κ3) is 3.54. The first-order valence-electron chi connectivity index (χ1n) is 6.31. The molecule has 1 aromatic rings. The molecule has 0 aliphatic heterocycles. The highest BCUT2D eigenvalue weighted by molar-refractivity contribution is 6.00. The number of nitrogens with zero attached hydrogens (tertiary/aromatic N) is 3. The summed E-state index contributed by atoms with van der Waals surface area (Å²) in [5, 5.41) is 19.5. The van der Waals surface area contributed by atoms with Gasteiger partial charge in [-0.25, -0.2) is 0 Å². The Balaban J connectivity index is 3.30. The molecule has 1 rings (SSSR count). The number of hydrogen-bond acceptors (Lipinski definition) is 5. The predicted octanol–water partition coefficient (Wildman–Crippen LogP) is 2.93. The second kappa shape index (κ2) is 6.66. The van der Waals surface area contributed by atoms with E-state index in [4.69, 9.17) is 5.26 Å². The highest BCUT2D eigenvalue weighted by atomic mass is 16.6. The molecular formula is C14H17N3O3. The van der Waals surface area contributed by atoms with E-state index in [0.717, 1.165) is 0 Å². The van der Waals surface area contributed by atoms with Crippen molar-refractivity contribution in [3.05, 3.63) is 33.9 Å². The zero-order valence-electron chi connectivity index (χ0n) is 11.8. The minimum atomic E-state index is -0.523. The fourth-order valence-electron chi connectivity index (χ4n) is 2.00. The number of non-ortho nitro benzene ring substituents is 1. The maximum absolute atomic E-state index is 11.7. The lowest BCUT2D eigenvalue weighted by molar-refractivity contribution is -0.384. The van der Waals surface area contributed by atoms with E-state index in [1.54, 1.807) is 6.07 Å². The Labute approximate surface area is 117 Å². The van der Waals surface area contributed by atoms with Gasteiger partial charge in [0.2, 0.25) is 0 Å². The molecule has 0 unspecified atom stereocenters. The zero-order valence-corrected chi connectivity index (χ0v) is 11.8. The van der Waals surface area contributed by atoms with Gasteiger partial charge in [-0.3, -0.25) is 14.9 Å². The third-order valence-electron chi connectivity index (χ3n) is 2.97. The van der Waals surface area contributed by atoms with Crippen LogP contribution in [0.2, 0.25) is 0 Å². The Kier molecular flexibility index (Phi) is 5.21. The molecule has 0 aliphatic carbocycles. The van der Waals surface area contributed by atoms with Gasteiger partial charge >= 0.3 is 0 Å². The van der Waals surface area contributed by atoms with Crippen LogP contribution in [0.3, 0.4) is 0 Å². The highest BCUT2D eigenvalue weighted by Crippen LogP contribution is 2.27. The number of benzene rings is 1. The van der Waals surface area contributed by atoms with Crippen molar-refractivity contribution in [2.45, 2.75) is 33.2 Å². The minimum Gasteiger partial charge on any atom is -0.367 e. The van der Waals surface area contributed by atoms with Gasteiger partial charge < -0.3 is 4.90 Å². The molecule has 0 amide bonds. The van der Waals surface area contributed by atoms with Crippen LogP contribution in [0.25, 0.3) is 0 Å². The summed E-state index contributed by atoms with van der Waals surface area (Å²) >= 11 is 0. The molecule has 106 valence electrons. The maximum Gasteiger partial charge on any atom is 0.270 e. The normalized spacial score (nSPS) is 10.2. The van der Waals surface area contributed by atoms with Crippen LogP contribution in [0, 0.1) is 21.4 Å². The van der Waals surface area contributed by atoms with Crippen LogP contribution in [-0.4, -0.2) is 23.3 Å². The lowest BCUT2D eigenvalue weighted by atomic mass is 10.1. The number of carbonyl (C=O) groups excluding carboxylic acids is 1. The van der Waals surface area contributed by atoms with Crippen LogP contribution in [0.1, 0.15) is 37.6 Å². The zero-order chi connectivity index (χ0) is 15.3. The van der Waals surface area contributed by atoms with Crippen LogP contribution < -0.4 is 4.90 Å². The predicted molar refractivity (Wildman–Crippen MR) is 75.8 cm³/mol. The molecule has 20 heavy (non-hydrogen) atoms. The number of anilines is 1. The Morgan fingerprint density at radius 2 is 2.15 bits per heavy atom. The van der Waals surface area contributed by atoms with Gasteiger partial charge in [-0.05, 0) is 26.8 Å². The van der Waals surface area contributed by atoms with E-state index in [9.17, 15) is 14.9 Å². The van der Waals surface area contributed by atoms with Crippen molar-refractivity contribution in [1.82, 2.24) is 0 Å². The van der Waals surface area contributed by atoms with Gasteiger partial charge in [-0.1, -0.05) is 0 Å². The summed E-state index contributed by atoms with van der Waals surface area (Å²) in [6, 6.07) is 6.40. The summed E-state index contributed by atoms with van der Waals surface area (Å²) in [6.07, 6.45) is 0.326. The van der Waals surface area contributed by atoms with E-state index in [-0.39, 0.29) is 17.5 Å². The summed E-state index contributed by atoms with van der Waals surface area (Å²) in [7, 11) is 0. The average Bonchev–Trinajstić information content (AvgIpc) is 2.38. The van der Waals surface area contributed by atoms with Crippen LogP contribution in [0.15, 0.2) is 18.2 Å². The van der Waals surface area contributed by atoms with E-state index in [1.807, 2.05) is 18.7 Å². The largest absolute Gasteiger partial charge is 0.367 e. The molecule has 0 atom stereocenters. The van der Waals surface area contributed by atoms with Crippen LogP contribution in [-0.2, 0) is 0 Å². The minimum absolute atomic E-state index is 0.0860. The monoisotopic (exact) mass is 275 g/mol. The highest BCUT2D eigenvalue weighted by Gasteiger charge is 2.19. The number of nitro groups is 1. The van der Waals surface area contributed by atoms with Crippen molar-refractivity contribution in [2.24, 2.45) is 0 Å². The topological polar surface area (TPSA) is 87.2 Å². The molecule has 6 heteroatoms. The van der Waals surface area contributed by atoms with Crippen molar-refractivity contribution < 1.29 is 9.72 Å². The lowest BCUT2D eigenvalue weighted by Gasteiger charge is -2.29. The fourth-order valence-corrected chi connectivity index (χ4v) is 2.00. The molecule has 1 aromatic carbocycles. The average molecular weight is 275 g/mol. The Morgan fingerprint density at radius 3 is 2.60 bits per heavy atom. The van der Waals surface area contributed by atoms with Crippen molar-refractivity contribution in [3.63, 3.8) is 0 Å². The molecular weight excluding hydrogens is 258 g/mol. The Bertz CT molecular complexity index is 561. The van der Waals surface area contributed by atoms with E-state index in [1.165, 1.54) is 19.1 Å². The second-order valence-corrected chi connectivity index (χ2v) is 4.71. The van der Waals surface area contributed by atoms with Gasteiger partial charge in [0.1, 0.15) is 0 Å². The first-order valence-corrected chi connectivity index (χ1v) is 6.31. The van der Waals surface area contributed by atoms with Crippen molar-refractivity contribution in [1.29, 1.82) is 5.26 Å². The molecule has 0 aromatic heterocycles. The SMILES string of the molecule is CC(=O)c1cc([N+](=O)[O-])ccc1N(CCC#N)C(C)C. The molecule has 0 radical (unpaired) electrons. The lowest BCUT2D eigenvalue weighted by Crippen LogP contribution is -2.32. The smallest absolute Gasteiger partial charge is 0.270 e. The van der Waals surface area contributed by atoms with Gasteiger partial charge in [-0.15, -0.1) is 0 Å². The summed E-state index contributed by atoms with van der Waals surface area (Å²) in [6.45, 7) is 5.75. The van der Waals surface area contributed by atoms with E-state index < -0.39 is 4.92 Å². The molecule has 0 heterocycles. The molecule has 0 saturated carbocycles. The molecule has 0 aliphatic rings.